The highest BCUT2D eigenvalue weighted by molar-refractivity contribution is 5.78. The lowest BCUT2D eigenvalue weighted by molar-refractivity contribution is -0.141. The van der Waals surface area contributed by atoms with E-state index in [-0.39, 0.29) is 6.04 Å². The van der Waals surface area contributed by atoms with E-state index in [1.54, 1.807) is 6.07 Å². The van der Waals surface area contributed by atoms with Gasteiger partial charge in [-0.15, -0.1) is 0 Å². The number of fused-ring (bicyclic) bond motifs is 2. The number of nitrogens with zero attached hydrogens (tertiary/aromatic N) is 4. The minimum Gasteiger partial charge on any atom is -0.356 e. The van der Waals surface area contributed by atoms with E-state index in [0.29, 0.717) is 17.7 Å². The predicted molar refractivity (Wildman–Crippen MR) is 96.4 cm³/mol. The molecule has 1 aromatic carbocycles. The van der Waals surface area contributed by atoms with Gasteiger partial charge in [-0.05, 0) is 37.0 Å². The summed E-state index contributed by atoms with van der Waals surface area (Å²) >= 11 is 0. The lowest BCUT2D eigenvalue weighted by atomic mass is 9.98. The minimum absolute atomic E-state index is 0.283. The topological polar surface area (TPSA) is 34.0 Å². The van der Waals surface area contributed by atoms with Gasteiger partial charge in [0.15, 0.2) is 0 Å². The number of anilines is 1. The molecule has 140 valence electrons. The van der Waals surface area contributed by atoms with E-state index < -0.39 is 11.9 Å². The lowest BCUT2D eigenvalue weighted by Crippen LogP contribution is -2.25. The maximum atomic E-state index is 13.0. The number of rotatable bonds is 2. The summed E-state index contributed by atoms with van der Waals surface area (Å²) in [6, 6.07) is 12.6. The average Bonchev–Trinajstić information content (AvgIpc) is 3.34. The number of aromatic nitrogens is 3. The molecule has 1 aliphatic heterocycles. The Morgan fingerprint density at radius 3 is 2.67 bits per heavy atom. The summed E-state index contributed by atoms with van der Waals surface area (Å²) in [7, 11) is 0. The van der Waals surface area contributed by atoms with Crippen molar-refractivity contribution in [3.63, 3.8) is 0 Å². The van der Waals surface area contributed by atoms with Crippen LogP contribution in [0.1, 0.15) is 24.6 Å². The Hall–Kier alpha value is -2.57. The van der Waals surface area contributed by atoms with E-state index in [1.807, 2.05) is 23.2 Å². The Labute approximate surface area is 154 Å². The van der Waals surface area contributed by atoms with Gasteiger partial charge >= 0.3 is 6.18 Å². The molecule has 0 bridgehead atoms. The van der Waals surface area contributed by atoms with Crippen molar-refractivity contribution in [2.45, 2.75) is 25.1 Å². The molecule has 0 spiro atoms. The molecule has 0 N–H and O–H groups in total. The molecule has 3 aromatic rings. The summed E-state index contributed by atoms with van der Waals surface area (Å²) in [6.45, 7) is 1.48. The van der Waals surface area contributed by atoms with E-state index in [9.17, 15) is 13.2 Å². The second-order valence-corrected chi connectivity index (χ2v) is 7.50. The minimum atomic E-state index is -4.41. The zero-order chi connectivity index (χ0) is 18.6. The number of alkyl halides is 3. The lowest BCUT2D eigenvalue weighted by Gasteiger charge is -2.23. The average molecular weight is 372 g/mol. The molecule has 2 aliphatic rings. The van der Waals surface area contributed by atoms with Crippen molar-refractivity contribution >= 4 is 16.7 Å². The first-order chi connectivity index (χ1) is 13.0. The third-order valence-corrected chi connectivity index (χ3v) is 5.99. The highest BCUT2D eigenvalue weighted by Gasteiger charge is 2.44. The van der Waals surface area contributed by atoms with Gasteiger partial charge in [-0.25, -0.2) is 4.98 Å². The zero-order valence-corrected chi connectivity index (χ0v) is 14.6. The fraction of sp³-hybridized carbons (Fsp3) is 0.400. The molecule has 3 heterocycles. The molecule has 1 aliphatic carbocycles. The van der Waals surface area contributed by atoms with Crippen LogP contribution in [0.2, 0.25) is 0 Å². The van der Waals surface area contributed by atoms with E-state index in [2.05, 4.69) is 26.9 Å². The van der Waals surface area contributed by atoms with Gasteiger partial charge in [0.1, 0.15) is 11.5 Å². The molecule has 5 rings (SSSR count). The van der Waals surface area contributed by atoms with Crippen molar-refractivity contribution in [3.8, 4) is 0 Å². The monoisotopic (exact) mass is 372 g/mol. The van der Waals surface area contributed by atoms with Gasteiger partial charge in [-0.1, -0.05) is 24.3 Å². The maximum absolute atomic E-state index is 13.0. The fourth-order valence-corrected chi connectivity index (χ4v) is 4.74. The maximum Gasteiger partial charge on any atom is 0.433 e. The smallest absolute Gasteiger partial charge is 0.356 e. The SMILES string of the molecule is FC(F)(F)c1cccc(N2C[C@H]3CC[C@H](n4ncc5ccccc54)[C@H]3C2)n1. The Morgan fingerprint density at radius 1 is 0.963 bits per heavy atom. The van der Waals surface area contributed by atoms with Crippen LogP contribution in [0.3, 0.4) is 0 Å². The Morgan fingerprint density at radius 2 is 1.81 bits per heavy atom. The molecular formula is C20H19F3N4. The van der Waals surface area contributed by atoms with Crippen molar-refractivity contribution in [2.24, 2.45) is 11.8 Å². The number of halogens is 3. The number of pyridine rings is 1. The number of hydrogen-bond acceptors (Lipinski definition) is 3. The van der Waals surface area contributed by atoms with E-state index in [4.69, 9.17) is 0 Å². The molecule has 0 radical (unpaired) electrons. The molecule has 1 saturated carbocycles. The summed E-state index contributed by atoms with van der Waals surface area (Å²) in [5.41, 5.74) is 0.297. The fourth-order valence-electron chi connectivity index (χ4n) is 4.74. The summed E-state index contributed by atoms with van der Waals surface area (Å²) in [5.74, 6) is 1.27. The Bertz CT molecular complexity index is 981. The number of benzene rings is 1. The van der Waals surface area contributed by atoms with Crippen molar-refractivity contribution in [3.05, 3.63) is 54.4 Å². The summed E-state index contributed by atoms with van der Waals surface area (Å²) in [6.07, 6.45) is -0.393. The van der Waals surface area contributed by atoms with Crippen LogP contribution in [0.4, 0.5) is 19.0 Å². The molecular weight excluding hydrogens is 353 g/mol. The first-order valence-corrected chi connectivity index (χ1v) is 9.22. The highest BCUT2D eigenvalue weighted by Crippen LogP contribution is 2.46. The summed E-state index contributed by atoms with van der Waals surface area (Å²) < 4.78 is 41.1. The molecule has 0 amide bonds. The van der Waals surface area contributed by atoms with Crippen LogP contribution in [0.25, 0.3) is 10.9 Å². The zero-order valence-electron chi connectivity index (χ0n) is 14.6. The van der Waals surface area contributed by atoms with Crippen molar-refractivity contribution in [1.29, 1.82) is 0 Å². The van der Waals surface area contributed by atoms with E-state index in [0.717, 1.165) is 42.9 Å². The molecule has 4 nitrogen and oxygen atoms in total. The standard InChI is InChI=1S/C20H19F3N4/c21-20(22,23)18-6-3-7-19(25-18)26-11-14-8-9-17(15(14)12-26)27-16-5-2-1-4-13(16)10-24-27/h1-7,10,14-15,17H,8-9,11-12H2/t14-,15+,17+/m1/s1. The third-order valence-electron chi connectivity index (χ3n) is 5.99. The van der Waals surface area contributed by atoms with Gasteiger partial charge in [-0.2, -0.15) is 18.3 Å². The largest absolute Gasteiger partial charge is 0.433 e. The van der Waals surface area contributed by atoms with E-state index >= 15 is 0 Å². The molecule has 1 saturated heterocycles. The Kier molecular flexibility index (Phi) is 3.67. The summed E-state index contributed by atoms with van der Waals surface area (Å²) in [5, 5.41) is 5.74. The van der Waals surface area contributed by atoms with Gasteiger partial charge in [0.25, 0.3) is 0 Å². The first-order valence-electron chi connectivity index (χ1n) is 9.22. The van der Waals surface area contributed by atoms with Gasteiger partial charge < -0.3 is 4.90 Å². The van der Waals surface area contributed by atoms with Gasteiger partial charge in [0.2, 0.25) is 0 Å². The van der Waals surface area contributed by atoms with Crippen LogP contribution in [-0.4, -0.2) is 27.9 Å². The molecule has 27 heavy (non-hydrogen) atoms. The second kappa shape index (κ2) is 5.97. The highest BCUT2D eigenvalue weighted by atomic mass is 19.4. The first kappa shape index (κ1) is 16.6. The van der Waals surface area contributed by atoms with Crippen molar-refractivity contribution < 1.29 is 13.2 Å². The molecule has 0 unspecified atom stereocenters. The van der Waals surface area contributed by atoms with Crippen LogP contribution >= 0.6 is 0 Å². The summed E-state index contributed by atoms with van der Waals surface area (Å²) in [4.78, 5) is 5.87. The number of hydrogen-bond donors (Lipinski definition) is 0. The van der Waals surface area contributed by atoms with Crippen molar-refractivity contribution in [1.82, 2.24) is 14.8 Å². The van der Waals surface area contributed by atoms with Crippen LogP contribution in [0.15, 0.2) is 48.7 Å². The predicted octanol–water partition coefficient (Wildman–Crippen LogP) is 4.54. The van der Waals surface area contributed by atoms with Crippen molar-refractivity contribution in [2.75, 3.05) is 18.0 Å². The molecule has 7 heteroatoms. The quantitative estimate of drug-likeness (QED) is 0.662. The van der Waals surface area contributed by atoms with Crippen LogP contribution in [0, 0.1) is 11.8 Å². The Balaban J connectivity index is 1.42. The van der Waals surface area contributed by atoms with Gasteiger partial charge in [-0.3, -0.25) is 4.68 Å². The van der Waals surface area contributed by atoms with Gasteiger partial charge in [0.05, 0.1) is 17.8 Å². The van der Waals surface area contributed by atoms with E-state index in [1.165, 1.54) is 6.07 Å². The van der Waals surface area contributed by atoms with Crippen LogP contribution in [0.5, 0.6) is 0 Å². The number of para-hydroxylation sites is 1. The second-order valence-electron chi connectivity index (χ2n) is 7.50. The molecule has 2 fully saturated rings. The van der Waals surface area contributed by atoms with Crippen LogP contribution in [-0.2, 0) is 6.18 Å². The normalized spacial score (nSPS) is 25.3. The van der Waals surface area contributed by atoms with Crippen LogP contribution < -0.4 is 4.90 Å². The third kappa shape index (κ3) is 2.76. The molecule has 2 aromatic heterocycles. The molecule has 3 atom stereocenters. The van der Waals surface area contributed by atoms with Gasteiger partial charge in [0, 0.05) is 24.4 Å².